The molecule has 2 N–H and O–H groups in total. The number of hydrogen-bond donors (Lipinski definition) is 2. The Kier molecular flexibility index (Phi) is 5.22. The van der Waals surface area contributed by atoms with Crippen molar-refractivity contribution in [2.75, 3.05) is 13.2 Å². The highest BCUT2D eigenvalue weighted by molar-refractivity contribution is 5.44. The van der Waals surface area contributed by atoms with Gasteiger partial charge in [-0.2, -0.15) is 0 Å². The maximum atomic E-state index is 10.5. The zero-order valence-electron chi connectivity index (χ0n) is 13.7. The van der Waals surface area contributed by atoms with Gasteiger partial charge < -0.3 is 10.2 Å². The van der Waals surface area contributed by atoms with Crippen molar-refractivity contribution in [3.8, 4) is 5.75 Å². The summed E-state index contributed by atoms with van der Waals surface area (Å²) in [5.41, 5.74) is 1.75. The van der Waals surface area contributed by atoms with Crippen LogP contribution in [0, 0.1) is 0 Å². The van der Waals surface area contributed by atoms with E-state index in [9.17, 15) is 10.2 Å². The molecule has 20 heavy (non-hydrogen) atoms. The molecule has 0 atom stereocenters. The summed E-state index contributed by atoms with van der Waals surface area (Å²) in [6.07, 6.45) is 0. The van der Waals surface area contributed by atoms with Crippen molar-refractivity contribution >= 4 is 0 Å². The molecule has 3 nitrogen and oxygen atoms in total. The summed E-state index contributed by atoms with van der Waals surface area (Å²) in [5, 5.41) is 19.7. The van der Waals surface area contributed by atoms with E-state index in [4.69, 9.17) is 0 Å². The van der Waals surface area contributed by atoms with Crippen molar-refractivity contribution in [2.45, 2.75) is 59.0 Å². The van der Waals surface area contributed by atoms with E-state index in [1.807, 2.05) is 18.2 Å². The van der Waals surface area contributed by atoms with Gasteiger partial charge in [0.15, 0.2) is 0 Å². The van der Waals surface area contributed by atoms with Gasteiger partial charge in [0.25, 0.3) is 0 Å². The van der Waals surface area contributed by atoms with Gasteiger partial charge in [0, 0.05) is 24.2 Å². The smallest absolute Gasteiger partial charge is 0.123 e. The molecule has 0 aliphatic rings. The van der Waals surface area contributed by atoms with Crippen LogP contribution in [0.1, 0.15) is 52.7 Å². The van der Waals surface area contributed by atoms with Crippen LogP contribution >= 0.6 is 0 Å². The molecule has 0 saturated heterocycles. The molecule has 0 fully saturated rings. The average molecular weight is 279 g/mol. The van der Waals surface area contributed by atoms with Crippen LogP contribution in [-0.2, 0) is 12.0 Å². The number of hydrogen-bond acceptors (Lipinski definition) is 3. The molecule has 0 heterocycles. The second kappa shape index (κ2) is 6.15. The molecule has 3 heteroatoms. The van der Waals surface area contributed by atoms with E-state index in [1.54, 1.807) is 0 Å². The highest BCUT2D eigenvalue weighted by Gasteiger charge is 2.24. The number of aromatic hydroxyl groups is 1. The van der Waals surface area contributed by atoms with Crippen molar-refractivity contribution in [3.05, 3.63) is 29.3 Å². The Balaban J connectivity index is 3.09. The first kappa shape index (κ1) is 17.0. The highest BCUT2D eigenvalue weighted by Crippen LogP contribution is 2.34. The van der Waals surface area contributed by atoms with Crippen molar-refractivity contribution in [1.82, 2.24) is 4.90 Å². The number of aliphatic hydroxyl groups is 1. The predicted octanol–water partition coefficient (Wildman–Crippen LogP) is 3.28. The predicted molar refractivity (Wildman–Crippen MR) is 84.1 cm³/mol. The van der Waals surface area contributed by atoms with Crippen LogP contribution in [-0.4, -0.2) is 33.8 Å². The van der Waals surface area contributed by atoms with E-state index in [2.05, 4.69) is 46.4 Å². The Morgan fingerprint density at radius 3 is 2.10 bits per heavy atom. The van der Waals surface area contributed by atoms with Gasteiger partial charge in [-0.3, -0.25) is 4.90 Å². The lowest BCUT2D eigenvalue weighted by Gasteiger charge is -2.35. The molecule has 1 aromatic rings. The third kappa shape index (κ3) is 4.22. The standard InChI is InChI=1S/C17H29NO2/c1-16(2,3)14-9-7-8-13(15(14)20)12-18(10-11-19)17(4,5)6/h7-9,19-20H,10-12H2,1-6H3. The normalized spacial score (nSPS) is 13.0. The first-order valence-electron chi connectivity index (χ1n) is 7.24. The molecule has 0 aliphatic carbocycles. The van der Waals surface area contributed by atoms with E-state index >= 15 is 0 Å². The molecule has 0 saturated carbocycles. The molecule has 0 unspecified atom stereocenters. The van der Waals surface area contributed by atoms with E-state index in [-0.39, 0.29) is 17.6 Å². The molecule has 0 aliphatic heterocycles. The Hall–Kier alpha value is -1.06. The summed E-state index contributed by atoms with van der Waals surface area (Å²) >= 11 is 0. The van der Waals surface area contributed by atoms with Crippen LogP contribution in [0.3, 0.4) is 0 Å². The monoisotopic (exact) mass is 279 g/mol. The maximum Gasteiger partial charge on any atom is 0.123 e. The highest BCUT2D eigenvalue weighted by atomic mass is 16.3. The lowest BCUT2D eigenvalue weighted by Crippen LogP contribution is -2.42. The number of para-hydroxylation sites is 1. The minimum absolute atomic E-state index is 0.0487. The van der Waals surface area contributed by atoms with Crippen LogP contribution in [0.2, 0.25) is 0 Å². The molecule has 1 aromatic carbocycles. The molecule has 0 amide bonds. The second-order valence-electron chi connectivity index (χ2n) is 7.38. The molecule has 0 bridgehead atoms. The van der Waals surface area contributed by atoms with Gasteiger partial charge in [-0.15, -0.1) is 0 Å². The summed E-state index contributed by atoms with van der Waals surface area (Å²) in [6, 6.07) is 5.93. The molecule has 0 radical (unpaired) electrons. The number of nitrogens with zero attached hydrogens (tertiary/aromatic N) is 1. The van der Waals surface area contributed by atoms with Crippen molar-refractivity contribution in [1.29, 1.82) is 0 Å². The quantitative estimate of drug-likeness (QED) is 0.889. The molecule has 114 valence electrons. The number of β-amino-alcohol motifs (C(OH)–C–C–N with tert-alkyl or cyclic N) is 1. The van der Waals surface area contributed by atoms with E-state index in [0.29, 0.717) is 18.8 Å². The Labute approximate surface area is 123 Å². The summed E-state index contributed by atoms with van der Waals surface area (Å²) in [5.74, 6) is 0.382. The third-order valence-corrected chi connectivity index (χ3v) is 3.61. The number of rotatable bonds is 4. The average Bonchev–Trinajstić information content (AvgIpc) is 2.28. The maximum absolute atomic E-state index is 10.5. The molecular weight excluding hydrogens is 250 g/mol. The van der Waals surface area contributed by atoms with Crippen LogP contribution in [0.5, 0.6) is 5.75 Å². The fraction of sp³-hybridized carbons (Fsp3) is 0.647. The second-order valence-corrected chi connectivity index (χ2v) is 7.38. The SMILES string of the molecule is CC(C)(C)c1cccc(CN(CCO)C(C)(C)C)c1O. The fourth-order valence-corrected chi connectivity index (χ4v) is 2.30. The van der Waals surface area contributed by atoms with Crippen molar-refractivity contribution in [2.24, 2.45) is 0 Å². The van der Waals surface area contributed by atoms with Crippen LogP contribution in [0.15, 0.2) is 18.2 Å². The van der Waals surface area contributed by atoms with E-state index < -0.39 is 0 Å². The lowest BCUT2D eigenvalue weighted by atomic mass is 9.85. The topological polar surface area (TPSA) is 43.7 Å². The summed E-state index contributed by atoms with van der Waals surface area (Å²) in [6.45, 7) is 14.0. The summed E-state index contributed by atoms with van der Waals surface area (Å²) < 4.78 is 0. The van der Waals surface area contributed by atoms with Crippen LogP contribution < -0.4 is 0 Å². The van der Waals surface area contributed by atoms with Crippen LogP contribution in [0.25, 0.3) is 0 Å². The van der Waals surface area contributed by atoms with Gasteiger partial charge in [0.05, 0.1) is 6.61 Å². The van der Waals surface area contributed by atoms with Crippen LogP contribution in [0.4, 0.5) is 0 Å². The first-order chi connectivity index (χ1) is 9.07. The number of aliphatic hydroxyl groups excluding tert-OH is 1. The van der Waals surface area contributed by atoms with E-state index in [1.165, 1.54) is 0 Å². The van der Waals surface area contributed by atoms with Gasteiger partial charge in [-0.25, -0.2) is 0 Å². The van der Waals surface area contributed by atoms with E-state index in [0.717, 1.165) is 11.1 Å². The Bertz CT molecular complexity index is 441. The minimum atomic E-state index is -0.0797. The minimum Gasteiger partial charge on any atom is -0.507 e. The summed E-state index contributed by atoms with van der Waals surface area (Å²) in [7, 11) is 0. The van der Waals surface area contributed by atoms with Gasteiger partial charge in [0.2, 0.25) is 0 Å². The lowest BCUT2D eigenvalue weighted by molar-refractivity contribution is 0.0974. The van der Waals surface area contributed by atoms with Gasteiger partial charge in [-0.05, 0) is 31.7 Å². The zero-order chi connectivity index (χ0) is 15.6. The van der Waals surface area contributed by atoms with Crippen molar-refractivity contribution in [3.63, 3.8) is 0 Å². The fourth-order valence-electron chi connectivity index (χ4n) is 2.30. The number of phenolic OH excluding ortho intramolecular Hbond substituents is 1. The molecule has 0 spiro atoms. The van der Waals surface area contributed by atoms with Crippen molar-refractivity contribution < 1.29 is 10.2 Å². The largest absolute Gasteiger partial charge is 0.507 e. The van der Waals surface area contributed by atoms with Gasteiger partial charge in [0.1, 0.15) is 5.75 Å². The Morgan fingerprint density at radius 1 is 1.05 bits per heavy atom. The molecule has 0 aromatic heterocycles. The molecular formula is C17H29NO2. The Morgan fingerprint density at radius 2 is 1.65 bits per heavy atom. The first-order valence-corrected chi connectivity index (χ1v) is 7.24. The summed E-state index contributed by atoms with van der Waals surface area (Å²) in [4.78, 5) is 2.18. The van der Waals surface area contributed by atoms with Gasteiger partial charge >= 0.3 is 0 Å². The molecule has 1 rings (SSSR count). The number of benzene rings is 1. The van der Waals surface area contributed by atoms with Gasteiger partial charge in [-0.1, -0.05) is 39.0 Å². The number of phenols is 1. The zero-order valence-corrected chi connectivity index (χ0v) is 13.7. The third-order valence-electron chi connectivity index (χ3n) is 3.61.